The normalized spacial score (nSPS) is 18.8. The molecule has 5 nitrogen and oxygen atoms in total. The van der Waals surface area contributed by atoms with Crippen LogP contribution in [0.2, 0.25) is 0 Å². The molecule has 2 heterocycles. The number of methoxy groups -OCH3 is 1. The maximum atomic E-state index is 12.3. The van der Waals surface area contributed by atoms with Gasteiger partial charge in [-0.3, -0.25) is 9.78 Å². The fraction of sp³-hybridized carbons (Fsp3) is 0.417. The van der Waals surface area contributed by atoms with E-state index in [-0.39, 0.29) is 11.9 Å². The molecule has 1 aliphatic rings. The van der Waals surface area contributed by atoms with Gasteiger partial charge in [0.15, 0.2) is 0 Å². The van der Waals surface area contributed by atoms with Gasteiger partial charge in [-0.25, -0.2) is 0 Å². The monoisotopic (exact) mass is 231 g/mol. The number of nitriles is 1. The first kappa shape index (κ1) is 11.4. The minimum absolute atomic E-state index is 0.159. The summed E-state index contributed by atoms with van der Waals surface area (Å²) in [4.78, 5) is 17.8. The van der Waals surface area contributed by atoms with Crippen molar-refractivity contribution in [2.45, 2.75) is 18.9 Å². The van der Waals surface area contributed by atoms with Crippen molar-refractivity contribution >= 4 is 5.91 Å². The van der Waals surface area contributed by atoms with Crippen LogP contribution < -0.4 is 4.74 Å². The Labute approximate surface area is 99.6 Å². The summed E-state index contributed by atoms with van der Waals surface area (Å²) in [5.74, 6) is 0.286. The van der Waals surface area contributed by atoms with E-state index in [0.29, 0.717) is 17.9 Å². The molecule has 1 aromatic heterocycles. The Morgan fingerprint density at radius 2 is 2.53 bits per heavy atom. The summed E-state index contributed by atoms with van der Waals surface area (Å²) in [7, 11) is 1.50. The molecular formula is C12H13N3O2. The van der Waals surface area contributed by atoms with Gasteiger partial charge in [0.1, 0.15) is 11.8 Å². The third-order valence-corrected chi connectivity index (χ3v) is 2.90. The van der Waals surface area contributed by atoms with Crippen molar-refractivity contribution in [2.75, 3.05) is 13.7 Å². The van der Waals surface area contributed by atoms with Crippen molar-refractivity contribution in [3.8, 4) is 11.8 Å². The summed E-state index contributed by atoms with van der Waals surface area (Å²) in [5.41, 5.74) is 0.463. The molecule has 17 heavy (non-hydrogen) atoms. The molecule has 1 aliphatic heterocycles. The van der Waals surface area contributed by atoms with Crippen molar-refractivity contribution in [3.05, 3.63) is 24.0 Å². The maximum Gasteiger partial charge on any atom is 0.258 e. The van der Waals surface area contributed by atoms with Crippen molar-refractivity contribution in [1.29, 1.82) is 5.26 Å². The van der Waals surface area contributed by atoms with Gasteiger partial charge in [0.25, 0.3) is 5.91 Å². The number of hydrogen-bond donors (Lipinski definition) is 0. The first-order valence-corrected chi connectivity index (χ1v) is 5.46. The molecule has 2 rings (SSSR count). The second-order valence-corrected chi connectivity index (χ2v) is 3.86. The average Bonchev–Trinajstić information content (AvgIpc) is 2.86. The first-order valence-electron chi connectivity index (χ1n) is 5.46. The van der Waals surface area contributed by atoms with Gasteiger partial charge in [0.05, 0.1) is 24.9 Å². The van der Waals surface area contributed by atoms with Crippen molar-refractivity contribution < 1.29 is 9.53 Å². The zero-order chi connectivity index (χ0) is 12.3. The van der Waals surface area contributed by atoms with Gasteiger partial charge in [-0.15, -0.1) is 0 Å². The summed E-state index contributed by atoms with van der Waals surface area (Å²) in [6.45, 7) is 0.628. The van der Waals surface area contributed by atoms with Crippen LogP contribution in [0.3, 0.4) is 0 Å². The predicted molar refractivity (Wildman–Crippen MR) is 60.5 cm³/mol. The Bertz CT molecular complexity index is 467. The van der Waals surface area contributed by atoms with Crippen LogP contribution in [-0.2, 0) is 0 Å². The lowest BCUT2D eigenvalue weighted by molar-refractivity contribution is 0.0761. The largest absolute Gasteiger partial charge is 0.494 e. The van der Waals surface area contributed by atoms with Crippen LogP contribution in [0.1, 0.15) is 23.2 Å². The molecule has 1 atom stereocenters. The van der Waals surface area contributed by atoms with E-state index < -0.39 is 0 Å². The van der Waals surface area contributed by atoms with Gasteiger partial charge >= 0.3 is 0 Å². The minimum Gasteiger partial charge on any atom is -0.494 e. The molecule has 88 valence electrons. The van der Waals surface area contributed by atoms with Crippen LogP contribution in [0.15, 0.2) is 18.5 Å². The van der Waals surface area contributed by atoms with Gasteiger partial charge < -0.3 is 9.64 Å². The average molecular weight is 231 g/mol. The second kappa shape index (κ2) is 4.83. The number of aromatic nitrogens is 1. The second-order valence-electron chi connectivity index (χ2n) is 3.86. The summed E-state index contributed by atoms with van der Waals surface area (Å²) >= 11 is 0. The van der Waals surface area contributed by atoms with Crippen LogP contribution in [-0.4, -0.2) is 35.5 Å². The number of nitrogens with zero attached hydrogens (tertiary/aromatic N) is 3. The molecule has 5 heteroatoms. The fourth-order valence-corrected chi connectivity index (χ4v) is 2.02. The van der Waals surface area contributed by atoms with E-state index >= 15 is 0 Å². The molecule has 0 spiro atoms. The number of pyridine rings is 1. The molecular weight excluding hydrogens is 218 g/mol. The third kappa shape index (κ3) is 2.07. The number of hydrogen-bond acceptors (Lipinski definition) is 4. The number of amides is 1. The Balaban J connectivity index is 2.28. The van der Waals surface area contributed by atoms with Crippen molar-refractivity contribution in [2.24, 2.45) is 0 Å². The molecule has 1 aromatic rings. The maximum absolute atomic E-state index is 12.3. The summed E-state index contributed by atoms with van der Waals surface area (Å²) in [5, 5.41) is 8.97. The van der Waals surface area contributed by atoms with Crippen LogP contribution >= 0.6 is 0 Å². The van der Waals surface area contributed by atoms with Crippen molar-refractivity contribution in [3.63, 3.8) is 0 Å². The number of ether oxygens (including phenoxy) is 1. The van der Waals surface area contributed by atoms with E-state index in [1.807, 2.05) is 0 Å². The topological polar surface area (TPSA) is 66.2 Å². The van der Waals surface area contributed by atoms with Crippen LogP contribution in [0.5, 0.6) is 5.75 Å². The van der Waals surface area contributed by atoms with Gasteiger partial charge in [-0.1, -0.05) is 0 Å². The number of carbonyl (C=O) groups is 1. The van der Waals surface area contributed by atoms with E-state index in [4.69, 9.17) is 10.00 Å². The Kier molecular flexibility index (Phi) is 3.24. The quantitative estimate of drug-likeness (QED) is 0.767. The molecule has 0 radical (unpaired) electrons. The van der Waals surface area contributed by atoms with E-state index in [1.54, 1.807) is 17.2 Å². The summed E-state index contributed by atoms with van der Waals surface area (Å²) in [6, 6.07) is 3.45. The molecule has 1 amide bonds. The third-order valence-electron chi connectivity index (χ3n) is 2.90. The molecule has 0 saturated carbocycles. The highest BCUT2D eigenvalue weighted by molar-refractivity contribution is 5.97. The van der Waals surface area contributed by atoms with Crippen LogP contribution in [0.25, 0.3) is 0 Å². The number of rotatable bonds is 2. The Morgan fingerprint density at radius 1 is 1.71 bits per heavy atom. The number of carbonyl (C=O) groups excluding carboxylic acids is 1. The molecule has 1 unspecified atom stereocenters. The van der Waals surface area contributed by atoms with Crippen LogP contribution in [0.4, 0.5) is 0 Å². The predicted octanol–water partition coefficient (Wildman–Crippen LogP) is 1.22. The van der Waals surface area contributed by atoms with Gasteiger partial charge in [-0.2, -0.15) is 5.26 Å². The van der Waals surface area contributed by atoms with E-state index in [1.165, 1.54) is 13.3 Å². The zero-order valence-corrected chi connectivity index (χ0v) is 9.59. The summed E-state index contributed by atoms with van der Waals surface area (Å²) in [6.07, 6.45) is 4.67. The smallest absolute Gasteiger partial charge is 0.258 e. The molecule has 1 fully saturated rings. The van der Waals surface area contributed by atoms with Crippen LogP contribution in [0, 0.1) is 11.3 Å². The van der Waals surface area contributed by atoms with E-state index in [0.717, 1.165) is 12.8 Å². The van der Waals surface area contributed by atoms with E-state index in [9.17, 15) is 4.79 Å². The van der Waals surface area contributed by atoms with Crippen molar-refractivity contribution in [1.82, 2.24) is 9.88 Å². The first-order chi connectivity index (χ1) is 8.27. The van der Waals surface area contributed by atoms with Gasteiger partial charge in [0.2, 0.25) is 0 Å². The lowest BCUT2D eigenvalue weighted by atomic mass is 10.2. The highest BCUT2D eigenvalue weighted by Crippen LogP contribution is 2.23. The Hall–Kier alpha value is -2.09. The Morgan fingerprint density at radius 3 is 3.24 bits per heavy atom. The molecule has 1 saturated heterocycles. The number of likely N-dealkylation sites (tertiary alicyclic amines) is 1. The highest BCUT2D eigenvalue weighted by Gasteiger charge is 2.30. The zero-order valence-electron chi connectivity index (χ0n) is 9.59. The van der Waals surface area contributed by atoms with Gasteiger partial charge in [0, 0.05) is 12.7 Å². The summed E-state index contributed by atoms with van der Waals surface area (Å²) < 4.78 is 5.10. The van der Waals surface area contributed by atoms with E-state index in [2.05, 4.69) is 11.1 Å². The standard InChI is InChI=1S/C12H13N3O2/c1-17-11-8-14-5-4-10(11)12(16)15-6-2-3-9(15)7-13/h4-5,8-9H,2-3,6H2,1H3. The molecule has 0 bridgehead atoms. The minimum atomic E-state index is -0.319. The molecule has 0 aliphatic carbocycles. The lowest BCUT2D eigenvalue weighted by Gasteiger charge is -2.20. The highest BCUT2D eigenvalue weighted by atomic mass is 16.5. The SMILES string of the molecule is COc1cnccc1C(=O)N1CCCC1C#N. The molecule has 0 aromatic carbocycles. The lowest BCUT2D eigenvalue weighted by Crippen LogP contribution is -2.34. The molecule has 0 N–H and O–H groups in total. The van der Waals surface area contributed by atoms with Gasteiger partial charge in [-0.05, 0) is 18.9 Å². The fourth-order valence-electron chi connectivity index (χ4n) is 2.02.